The summed E-state index contributed by atoms with van der Waals surface area (Å²) in [6.07, 6.45) is 0. The van der Waals surface area contributed by atoms with Crippen LogP contribution in [0.2, 0.25) is 0 Å². The van der Waals surface area contributed by atoms with E-state index in [-0.39, 0.29) is 6.04 Å². The lowest BCUT2D eigenvalue weighted by molar-refractivity contribution is 0.415. The molecule has 104 valence electrons. The van der Waals surface area contributed by atoms with Crippen LogP contribution in [0.1, 0.15) is 24.5 Å². The van der Waals surface area contributed by atoms with E-state index in [1.54, 1.807) is 7.11 Å². The number of nitrogens with zero attached hydrogens (tertiary/aromatic N) is 2. The Labute approximate surface area is 117 Å². The molecule has 1 atom stereocenters. The number of fused-ring (bicyclic) bond motifs is 1. The predicted molar refractivity (Wildman–Crippen MR) is 78.0 cm³/mol. The van der Waals surface area contributed by atoms with E-state index in [0.29, 0.717) is 5.95 Å². The van der Waals surface area contributed by atoms with Crippen LogP contribution in [0.25, 0.3) is 11.0 Å². The van der Waals surface area contributed by atoms with Gasteiger partial charge in [-0.2, -0.15) is 0 Å². The van der Waals surface area contributed by atoms with Gasteiger partial charge in [-0.25, -0.2) is 4.98 Å². The molecule has 0 aliphatic rings. The topological polar surface area (TPSA) is 66.2 Å². The molecular weight excluding hydrogens is 254 g/mol. The first-order chi connectivity index (χ1) is 9.60. The Morgan fingerprint density at radius 3 is 2.75 bits per heavy atom. The number of nitrogens with two attached hydrogens (primary N) is 1. The van der Waals surface area contributed by atoms with Crippen molar-refractivity contribution >= 4 is 17.0 Å². The number of imidazole rings is 1. The summed E-state index contributed by atoms with van der Waals surface area (Å²) < 4.78 is 12.9. The Morgan fingerprint density at radius 1 is 1.30 bits per heavy atom. The van der Waals surface area contributed by atoms with Gasteiger partial charge in [0.1, 0.15) is 17.3 Å². The van der Waals surface area contributed by atoms with Crippen molar-refractivity contribution in [3.63, 3.8) is 0 Å². The van der Waals surface area contributed by atoms with Crippen LogP contribution in [0.15, 0.2) is 34.7 Å². The van der Waals surface area contributed by atoms with Crippen molar-refractivity contribution in [2.24, 2.45) is 0 Å². The average Bonchev–Trinajstić information content (AvgIpc) is 3.00. The molecule has 1 aromatic carbocycles. The number of hydrogen-bond donors (Lipinski definition) is 1. The molecule has 0 radical (unpaired) electrons. The normalized spacial score (nSPS) is 12.8. The molecule has 2 heterocycles. The molecule has 2 N–H and O–H groups in total. The van der Waals surface area contributed by atoms with E-state index in [1.807, 2.05) is 48.7 Å². The number of anilines is 1. The summed E-state index contributed by atoms with van der Waals surface area (Å²) in [7, 11) is 1.63. The minimum Gasteiger partial charge on any atom is -0.497 e. The highest BCUT2D eigenvalue weighted by Gasteiger charge is 2.18. The summed E-state index contributed by atoms with van der Waals surface area (Å²) in [6, 6.07) is 9.65. The van der Waals surface area contributed by atoms with Crippen LogP contribution in [0, 0.1) is 6.92 Å². The highest BCUT2D eigenvalue weighted by atomic mass is 16.5. The number of benzene rings is 1. The number of hydrogen-bond acceptors (Lipinski definition) is 4. The Hall–Kier alpha value is -2.43. The number of ether oxygens (including phenoxy) is 1. The van der Waals surface area contributed by atoms with E-state index in [4.69, 9.17) is 14.9 Å². The van der Waals surface area contributed by atoms with E-state index >= 15 is 0 Å². The number of aromatic nitrogens is 2. The van der Waals surface area contributed by atoms with Gasteiger partial charge in [-0.3, -0.25) is 0 Å². The maximum atomic E-state index is 6.06. The fourth-order valence-electron chi connectivity index (χ4n) is 2.44. The van der Waals surface area contributed by atoms with E-state index in [2.05, 4.69) is 4.98 Å². The minimum atomic E-state index is -0.0119. The summed E-state index contributed by atoms with van der Waals surface area (Å²) in [5.74, 6) is 2.99. The molecule has 0 saturated carbocycles. The lowest BCUT2D eigenvalue weighted by Crippen LogP contribution is -2.09. The molecule has 0 fully saturated rings. The smallest absolute Gasteiger partial charge is 0.201 e. The monoisotopic (exact) mass is 271 g/mol. The third-order valence-corrected chi connectivity index (χ3v) is 3.48. The Kier molecular flexibility index (Phi) is 2.89. The lowest BCUT2D eigenvalue weighted by atomic mass is 10.2. The van der Waals surface area contributed by atoms with Gasteiger partial charge in [0.15, 0.2) is 0 Å². The molecule has 0 bridgehead atoms. The molecule has 0 aliphatic heterocycles. The molecule has 20 heavy (non-hydrogen) atoms. The maximum absolute atomic E-state index is 6.06. The van der Waals surface area contributed by atoms with E-state index in [9.17, 15) is 0 Å². The summed E-state index contributed by atoms with van der Waals surface area (Å²) in [5.41, 5.74) is 7.84. The summed E-state index contributed by atoms with van der Waals surface area (Å²) >= 11 is 0. The Bertz CT molecular complexity index is 758. The van der Waals surface area contributed by atoms with Crippen LogP contribution in [0.5, 0.6) is 5.75 Å². The zero-order chi connectivity index (χ0) is 14.3. The summed E-state index contributed by atoms with van der Waals surface area (Å²) in [6.45, 7) is 3.97. The highest BCUT2D eigenvalue weighted by molar-refractivity contribution is 5.80. The van der Waals surface area contributed by atoms with Crippen LogP contribution in [0.4, 0.5) is 5.95 Å². The average molecular weight is 271 g/mol. The van der Waals surface area contributed by atoms with Crippen LogP contribution in [-0.4, -0.2) is 16.7 Å². The molecule has 0 aliphatic carbocycles. The SMILES string of the molecule is COc1ccc2c(c1)nc(N)n2C(C)c1ccc(C)o1. The van der Waals surface area contributed by atoms with E-state index in [1.165, 1.54) is 0 Å². The molecule has 5 heteroatoms. The number of methoxy groups -OCH3 is 1. The number of furan rings is 1. The zero-order valence-corrected chi connectivity index (χ0v) is 11.8. The van der Waals surface area contributed by atoms with E-state index < -0.39 is 0 Å². The van der Waals surface area contributed by atoms with Crippen molar-refractivity contribution < 1.29 is 9.15 Å². The van der Waals surface area contributed by atoms with Crippen molar-refractivity contribution in [2.45, 2.75) is 19.9 Å². The highest BCUT2D eigenvalue weighted by Crippen LogP contribution is 2.29. The number of rotatable bonds is 3. The first-order valence-corrected chi connectivity index (χ1v) is 6.48. The number of aryl methyl sites for hydroxylation is 1. The van der Waals surface area contributed by atoms with E-state index in [0.717, 1.165) is 28.3 Å². The van der Waals surface area contributed by atoms with Crippen molar-refractivity contribution in [3.05, 3.63) is 41.9 Å². The molecule has 3 rings (SSSR count). The first kappa shape index (κ1) is 12.6. The molecule has 5 nitrogen and oxygen atoms in total. The van der Waals surface area contributed by atoms with Gasteiger partial charge in [-0.1, -0.05) is 0 Å². The van der Waals surface area contributed by atoms with Crippen molar-refractivity contribution in [3.8, 4) is 5.75 Å². The maximum Gasteiger partial charge on any atom is 0.201 e. The van der Waals surface area contributed by atoms with Crippen molar-refractivity contribution in [2.75, 3.05) is 12.8 Å². The molecule has 0 amide bonds. The lowest BCUT2D eigenvalue weighted by Gasteiger charge is -2.13. The molecular formula is C15H17N3O2. The standard InChI is InChI=1S/C15H17N3O2/c1-9-4-7-14(20-9)10(2)18-13-6-5-11(19-3)8-12(13)17-15(18)16/h4-8,10H,1-3H3,(H2,16,17). The summed E-state index contributed by atoms with van der Waals surface area (Å²) in [4.78, 5) is 4.39. The first-order valence-electron chi connectivity index (χ1n) is 6.48. The third kappa shape index (κ3) is 1.91. The zero-order valence-electron chi connectivity index (χ0n) is 11.8. The van der Waals surface area contributed by atoms with Crippen LogP contribution in [-0.2, 0) is 0 Å². The Balaban J connectivity index is 2.13. The van der Waals surface area contributed by atoms with Gasteiger partial charge in [-0.15, -0.1) is 0 Å². The van der Waals surface area contributed by atoms with Gasteiger partial charge in [0, 0.05) is 6.07 Å². The minimum absolute atomic E-state index is 0.0119. The molecule has 0 spiro atoms. The second kappa shape index (κ2) is 4.59. The van der Waals surface area contributed by atoms with Crippen molar-refractivity contribution in [1.82, 2.24) is 9.55 Å². The van der Waals surface area contributed by atoms with Crippen LogP contribution >= 0.6 is 0 Å². The van der Waals surface area contributed by atoms with Gasteiger partial charge in [-0.05, 0) is 38.1 Å². The predicted octanol–water partition coefficient (Wildman–Crippen LogP) is 3.14. The van der Waals surface area contributed by atoms with Gasteiger partial charge < -0.3 is 19.5 Å². The second-order valence-electron chi connectivity index (χ2n) is 4.82. The third-order valence-electron chi connectivity index (χ3n) is 3.48. The van der Waals surface area contributed by atoms with Gasteiger partial charge >= 0.3 is 0 Å². The van der Waals surface area contributed by atoms with Gasteiger partial charge in [0.05, 0.1) is 24.2 Å². The van der Waals surface area contributed by atoms with Gasteiger partial charge in [0.25, 0.3) is 0 Å². The quantitative estimate of drug-likeness (QED) is 0.794. The van der Waals surface area contributed by atoms with Crippen LogP contribution in [0.3, 0.4) is 0 Å². The van der Waals surface area contributed by atoms with Gasteiger partial charge in [0.2, 0.25) is 5.95 Å². The fraction of sp³-hybridized carbons (Fsp3) is 0.267. The van der Waals surface area contributed by atoms with Crippen LogP contribution < -0.4 is 10.5 Å². The molecule has 2 aromatic heterocycles. The number of nitrogen functional groups attached to an aromatic ring is 1. The summed E-state index contributed by atoms with van der Waals surface area (Å²) in [5, 5.41) is 0. The molecule has 1 unspecified atom stereocenters. The molecule has 0 saturated heterocycles. The molecule has 3 aromatic rings. The van der Waals surface area contributed by atoms with Crippen molar-refractivity contribution in [1.29, 1.82) is 0 Å². The Morgan fingerprint density at radius 2 is 2.10 bits per heavy atom. The fourth-order valence-corrected chi connectivity index (χ4v) is 2.44. The second-order valence-corrected chi connectivity index (χ2v) is 4.82. The largest absolute Gasteiger partial charge is 0.497 e.